The van der Waals surface area contributed by atoms with Gasteiger partial charge in [-0.05, 0) is 31.0 Å². The van der Waals surface area contributed by atoms with E-state index in [1.165, 1.54) is 19.1 Å². The summed E-state index contributed by atoms with van der Waals surface area (Å²) in [6.07, 6.45) is 0.479. The Morgan fingerprint density at radius 2 is 2.17 bits per heavy atom. The zero-order valence-electron chi connectivity index (χ0n) is 9.94. The predicted molar refractivity (Wildman–Crippen MR) is 63.7 cm³/mol. The van der Waals surface area contributed by atoms with Crippen LogP contribution >= 0.6 is 0 Å². The number of amides is 2. The summed E-state index contributed by atoms with van der Waals surface area (Å²) in [4.78, 5) is 21.7. The molecule has 0 spiro atoms. The van der Waals surface area contributed by atoms with E-state index >= 15 is 0 Å². The van der Waals surface area contributed by atoms with Gasteiger partial charge in [0.05, 0.1) is 0 Å². The Hall–Kier alpha value is -2.11. The predicted octanol–water partition coefficient (Wildman–Crippen LogP) is 1.14. The quantitative estimate of drug-likeness (QED) is 0.737. The zero-order chi connectivity index (χ0) is 13.5. The van der Waals surface area contributed by atoms with E-state index in [0.717, 1.165) is 5.56 Å². The molecule has 0 saturated carbocycles. The average Bonchev–Trinajstić information content (AvgIpc) is 2.28. The van der Waals surface area contributed by atoms with Gasteiger partial charge in [-0.3, -0.25) is 4.79 Å². The zero-order valence-corrected chi connectivity index (χ0v) is 9.94. The number of carbonyl (C=O) groups is 2. The van der Waals surface area contributed by atoms with Crippen LogP contribution in [0.25, 0.3) is 0 Å². The number of halogens is 1. The molecule has 1 rings (SSSR count). The number of rotatable bonds is 5. The largest absolute Gasteiger partial charge is 0.480 e. The highest BCUT2D eigenvalue weighted by Crippen LogP contribution is 2.03. The summed E-state index contributed by atoms with van der Waals surface area (Å²) in [5.41, 5.74) is 0.765. The maximum Gasteiger partial charge on any atom is 0.325 e. The minimum atomic E-state index is -1.10. The van der Waals surface area contributed by atoms with Crippen LogP contribution in [0.3, 0.4) is 0 Å². The van der Waals surface area contributed by atoms with Gasteiger partial charge in [0, 0.05) is 6.54 Å². The summed E-state index contributed by atoms with van der Waals surface area (Å²) in [5.74, 6) is -1.42. The van der Waals surface area contributed by atoms with Crippen molar-refractivity contribution in [2.24, 2.45) is 0 Å². The Labute approximate surface area is 104 Å². The van der Waals surface area contributed by atoms with Crippen molar-refractivity contribution in [2.75, 3.05) is 6.54 Å². The number of nitrogens with one attached hydrogen (secondary N) is 2. The van der Waals surface area contributed by atoms with Gasteiger partial charge in [-0.2, -0.15) is 0 Å². The number of hydrogen-bond donors (Lipinski definition) is 3. The molecule has 0 fully saturated rings. The number of benzene rings is 1. The van der Waals surface area contributed by atoms with E-state index in [1.807, 2.05) is 0 Å². The number of carboxylic acid groups (broad SMARTS) is 1. The Kier molecular flexibility index (Phi) is 5.10. The van der Waals surface area contributed by atoms with Crippen LogP contribution in [-0.2, 0) is 11.2 Å². The molecule has 3 N–H and O–H groups in total. The molecule has 0 heterocycles. The van der Waals surface area contributed by atoms with Crippen molar-refractivity contribution in [3.8, 4) is 0 Å². The van der Waals surface area contributed by atoms with Crippen LogP contribution in [0, 0.1) is 5.82 Å². The van der Waals surface area contributed by atoms with Gasteiger partial charge >= 0.3 is 12.0 Å². The molecule has 1 aromatic carbocycles. The highest BCUT2D eigenvalue weighted by atomic mass is 19.1. The van der Waals surface area contributed by atoms with Crippen molar-refractivity contribution in [2.45, 2.75) is 19.4 Å². The topological polar surface area (TPSA) is 78.4 Å². The average molecular weight is 254 g/mol. The van der Waals surface area contributed by atoms with Crippen LogP contribution in [0.4, 0.5) is 9.18 Å². The van der Waals surface area contributed by atoms with Crippen LogP contribution < -0.4 is 10.6 Å². The van der Waals surface area contributed by atoms with E-state index in [-0.39, 0.29) is 5.82 Å². The summed E-state index contributed by atoms with van der Waals surface area (Å²) >= 11 is 0. The number of aliphatic carboxylic acids is 1. The molecule has 0 aliphatic heterocycles. The lowest BCUT2D eigenvalue weighted by molar-refractivity contribution is -0.138. The molecule has 1 aromatic rings. The first kappa shape index (κ1) is 14.0. The first-order valence-electron chi connectivity index (χ1n) is 5.50. The molecule has 0 radical (unpaired) electrons. The second-order valence-corrected chi connectivity index (χ2v) is 3.84. The normalized spacial score (nSPS) is 11.7. The second-order valence-electron chi connectivity index (χ2n) is 3.84. The summed E-state index contributed by atoms with van der Waals surface area (Å²) in [6.45, 7) is 1.68. The molecule has 2 amide bonds. The van der Waals surface area contributed by atoms with Gasteiger partial charge < -0.3 is 15.7 Å². The van der Waals surface area contributed by atoms with Crippen LogP contribution in [0.15, 0.2) is 24.3 Å². The number of hydrogen-bond acceptors (Lipinski definition) is 2. The van der Waals surface area contributed by atoms with E-state index in [0.29, 0.717) is 13.0 Å². The Bertz CT molecular complexity index is 437. The monoisotopic (exact) mass is 254 g/mol. The first-order valence-corrected chi connectivity index (χ1v) is 5.50. The van der Waals surface area contributed by atoms with E-state index in [9.17, 15) is 14.0 Å². The van der Waals surface area contributed by atoms with Crippen LogP contribution in [0.2, 0.25) is 0 Å². The summed E-state index contributed by atoms with van der Waals surface area (Å²) in [5, 5.41) is 13.3. The summed E-state index contributed by atoms with van der Waals surface area (Å²) in [6, 6.07) is 4.58. The molecular weight excluding hydrogens is 239 g/mol. The van der Waals surface area contributed by atoms with Gasteiger partial charge in [0.2, 0.25) is 0 Å². The minimum absolute atomic E-state index is 0.307. The van der Waals surface area contributed by atoms with Crippen LogP contribution in [-0.4, -0.2) is 29.7 Å². The molecule has 6 heteroatoms. The maximum absolute atomic E-state index is 12.8. The highest BCUT2D eigenvalue weighted by Gasteiger charge is 2.12. The van der Waals surface area contributed by atoms with Crippen molar-refractivity contribution in [1.82, 2.24) is 10.6 Å². The fraction of sp³-hybridized carbons (Fsp3) is 0.333. The minimum Gasteiger partial charge on any atom is -0.480 e. The second kappa shape index (κ2) is 6.58. The lowest BCUT2D eigenvalue weighted by Gasteiger charge is -2.10. The molecule has 5 nitrogen and oxygen atoms in total. The van der Waals surface area contributed by atoms with Gasteiger partial charge in [-0.25, -0.2) is 9.18 Å². The maximum atomic E-state index is 12.8. The Morgan fingerprint density at radius 1 is 1.44 bits per heavy atom. The van der Waals surface area contributed by atoms with Crippen molar-refractivity contribution >= 4 is 12.0 Å². The lowest BCUT2D eigenvalue weighted by Crippen LogP contribution is -2.44. The SMILES string of the molecule is C[C@H](NC(=O)NCCc1cccc(F)c1)C(=O)O. The number of carbonyl (C=O) groups excluding carboxylic acids is 1. The molecular formula is C12H15FN2O3. The molecule has 18 heavy (non-hydrogen) atoms. The molecule has 1 atom stereocenters. The van der Waals surface area contributed by atoms with Gasteiger partial charge in [0.25, 0.3) is 0 Å². The van der Waals surface area contributed by atoms with Crippen molar-refractivity contribution in [3.63, 3.8) is 0 Å². The van der Waals surface area contributed by atoms with E-state index < -0.39 is 18.0 Å². The molecule has 0 saturated heterocycles. The van der Waals surface area contributed by atoms with Crippen LogP contribution in [0.1, 0.15) is 12.5 Å². The number of urea groups is 1. The van der Waals surface area contributed by atoms with Gasteiger partial charge in [0.1, 0.15) is 11.9 Å². The van der Waals surface area contributed by atoms with Crippen molar-refractivity contribution < 1.29 is 19.1 Å². The molecule has 0 unspecified atom stereocenters. The Morgan fingerprint density at radius 3 is 2.78 bits per heavy atom. The molecule has 98 valence electrons. The smallest absolute Gasteiger partial charge is 0.325 e. The standard InChI is InChI=1S/C12H15FN2O3/c1-8(11(16)17)15-12(18)14-6-5-9-3-2-4-10(13)7-9/h2-4,7-8H,5-6H2,1H3,(H,16,17)(H2,14,15,18)/t8-/m0/s1. The third-order valence-electron chi connectivity index (χ3n) is 2.31. The van der Waals surface area contributed by atoms with Gasteiger partial charge in [-0.15, -0.1) is 0 Å². The molecule has 0 aliphatic rings. The van der Waals surface area contributed by atoms with Crippen molar-refractivity contribution in [1.29, 1.82) is 0 Å². The summed E-state index contributed by atoms with van der Waals surface area (Å²) < 4.78 is 12.8. The van der Waals surface area contributed by atoms with Gasteiger partial charge in [0.15, 0.2) is 0 Å². The molecule has 0 aliphatic carbocycles. The van der Waals surface area contributed by atoms with E-state index in [4.69, 9.17) is 5.11 Å². The van der Waals surface area contributed by atoms with E-state index in [2.05, 4.69) is 10.6 Å². The lowest BCUT2D eigenvalue weighted by atomic mass is 10.1. The third-order valence-corrected chi connectivity index (χ3v) is 2.31. The van der Waals surface area contributed by atoms with E-state index in [1.54, 1.807) is 12.1 Å². The summed E-state index contributed by atoms with van der Waals surface area (Å²) in [7, 11) is 0. The van der Waals surface area contributed by atoms with Crippen LogP contribution in [0.5, 0.6) is 0 Å². The Balaban J connectivity index is 2.29. The number of carboxylic acids is 1. The highest BCUT2D eigenvalue weighted by molar-refractivity contribution is 5.82. The first-order chi connectivity index (χ1) is 8.49. The van der Waals surface area contributed by atoms with Gasteiger partial charge in [-0.1, -0.05) is 12.1 Å². The van der Waals surface area contributed by atoms with Crippen molar-refractivity contribution in [3.05, 3.63) is 35.6 Å². The fourth-order valence-electron chi connectivity index (χ4n) is 1.32. The third kappa shape index (κ3) is 4.82. The molecule has 0 bridgehead atoms. The molecule has 0 aromatic heterocycles. The fourth-order valence-corrected chi connectivity index (χ4v) is 1.32.